The second kappa shape index (κ2) is 7.02. The molecule has 0 bridgehead atoms. The Labute approximate surface area is 115 Å². The largest absolute Gasteiger partial charge is 0.444 e. The molecular formula is C15H24N2O2. The zero-order valence-corrected chi connectivity index (χ0v) is 12.2. The van der Waals surface area contributed by atoms with Crippen molar-refractivity contribution in [3.63, 3.8) is 0 Å². The number of alkyl carbamates (subject to hydrolysis) is 1. The van der Waals surface area contributed by atoms with E-state index in [2.05, 4.69) is 23.6 Å². The van der Waals surface area contributed by atoms with Crippen LogP contribution in [0.25, 0.3) is 0 Å². The number of benzene rings is 1. The van der Waals surface area contributed by atoms with E-state index in [1.807, 2.05) is 39.0 Å². The lowest BCUT2D eigenvalue weighted by atomic mass is 10.1. The molecule has 0 atom stereocenters. The van der Waals surface area contributed by atoms with Gasteiger partial charge in [0.05, 0.1) is 0 Å². The lowest BCUT2D eigenvalue weighted by Gasteiger charge is -2.19. The molecule has 0 unspecified atom stereocenters. The topological polar surface area (TPSA) is 50.4 Å². The molecule has 0 aliphatic carbocycles. The second-order valence-corrected chi connectivity index (χ2v) is 5.37. The minimum Gasteiger partial charge on any atom is -0.444 e. The summed E-state index contributed by atoms with van der Waals surface area (Å²) in [7, 11) is 0. The number of ether oxygens (including phenoxy) is 1. The Morgan fingerprint density at radius 3 is 2.53 bits per heavy atom. The lowest BCUT2D eigenvalue weighted by Crippen LogP contribution is -2.35. The molecular weight excluding hydrogens is 240 g/mol. The summed E-state index contributed by atoms with van der Waals surface area (Å²) >= 11 is 0. The van der Waals surface area contributed by atoms with Crippen LogP contribution in [0.5, 0.6) is 0 Å². The van der Waals surface area contributed by atoms with Crippen molar-refractivity contribution in [1.82, 2.24) is 5.32 Å². The van der Waals surface area contributed by atoms with Crippen molar-refractivity contribution in [2.45, 2.75) is 39.7 Å². The first-order valence-corrected chi connectivity index (χ1v) is 6.71. The van der Waals surface area contributed by atoms with Gasteiger partial charge in [-0.1, -0.05) is 25.1 Å². The Hall–Kier alpha value is -1.71. The van der Waals surface area contributed by atoms with Crippen LogP contribution >= 0.6 is 0 Å². The average molecular weight is 264 g/mol. The molecule has 0 aromatic heterocycles. The molecule has 0 radical (unpaired) electrons. The minimum absolute atomic E-state index is 0.377. The Morgan fingerprint density at radius 1 is 1.21 bits per heavy atom. The summed E-state index contributed by atoms with van der Waals surface area (Å²) in [6.07, 6.45) is 0.612. The quantitative estimate of drug-likeness (QED) is 0.803. The molecule has 0 spiro atoms. The van der Waals surface area contributed by atoms with Gasteiger partial charge in [-0.3, -0.25) is 0 Å². The number of para-hydroxylation sites is 1. The highest BCUT2D eigenvalue weighted by Gasteiger charge is 2.15. The number of carbonyl (C=O) groups excluding carboxylic acids is 1. The molecule has 1 amide bonds. The number of aryl methyl sites for hydroxylation is 1. The van der Waals surface area contributed by atoms with E-state index in [9.17, 15) is 4.79 Å². The van der Waals surface area contributed by atoms with Gasteiger partial charge in [0.25, 0.3) is 0 Å². The van der Waals surface area contributed by atoms with Crippen molar-refractivity contribution < 1.29 is 9.53 Å². The third kappa shape index (κ3) is 6.13. The van der Waals surface area contributed by atoms with Crippen molar-refractivity contribution in [2.24, 2.45) is 0 Å². The van der Waals surface area contributed by atoms with Gasteiger partial charge in [-0.2, -0.15) is 0 Å². The fourth-order valence-electron chi connectivity index (χ4n) is 1.68. The van der Waals surface area contributed by atoms with Crippen LogP contribution in [-0.4, -0.2) is 24.8 Å². The summed E-state index contributed by atoms with van der Waals surface area (Å²) in [6.45, 7) is 8.88. The van der Waals surface area contributed by atoms with Crippen molar-refractivity contribution >= 4 is 11.8 Å². The van der Waals surface area contributed by atoms with Crippen molar-refractivity contribution in [3.8, 4) is 0 Å². The van der Waals surface area contributed by atoms with E-state index < -0.39 is 5.60 Å². The molecule has 4 heteroatoms. The number of nitrogens with one attached hydrogen (secondary N) is 2. The van der Waals surface area contributed by atoms with Crippen LogP contribution in [0.3, 0.4) is 0 Å². The van der Waals surface area contributed by atoms with Gasteiger partial charge in [0.15, 0.2) is 0 Å². The first-order valence-electron chi connectivity index (χ1n) is 6.71. The molecule has 0 heterocycles. The van der Waals surface area contributed by atoms with Crippen molar-refractivity contribution in [1.29, 1.82) is 0 Å². The normalized spacial score (nSPS) is 10.9. The molecule has 19 heavy (non-hydrogen) atoms. The van der Waals surface area contributed by atoms with E-state index >= 15 is 0 Å². The molecule has 1 rings (SSSR count). The Balaban J connectivity index is 2.29. The molecule has 0 saturated heterocycles. The van der Waals surface area contributed by atoms with E-state index in [0.717, 1.165) is 12.1 Å². The van der Waals surface area contributed by atoms with Gasteiger partial charge in [-0.15, -0.1) is 0 Å². The maximum Gasteiger partial charge on any atom is 0.407 e. The van der Waals surface area contributed by atoms with E-state index in [4.69, 9.17) is 4.74 Å². The monoisotopic (exact) mass is 264 g/mol. The van der Waals surface area contributed by atoms with Crippen LogP contribution in [0.15, 0.2) is 24.3 Å². The van der Waals surface area contributed by atoms with Crippen LogP contribution in [0.4, 0.5) is 10.5 Å². The molecule has 1 aromatic carbocycles. The van der Waals surface area contributed by atoms with Crippen LogP contribution in [0.1, 0.15) is 33.3 Å². The number of hydrogen-bond acceptors (Lipinski definition) is 3. The molecule has 0 saturated carbocycles. The van der Waals surface area contributed by atoms with Crippen LogP contribution in [-0.2, 0) is 11.2 Å². The average Bonchev–Trinajstić information content (AvgIpc) is 2.33. The summed E-state index contributed by atoms with van der Waals surface area (Å²) in [5.41, 5.74) is 1.95. The van der Waals surface area contributed by atoms with Gasteiger partial charge < -0.3 is 15.4 Å². The zero-order valence-electron chi connectivity index (χ0n) is 12.2. The Morgan fingerprint density at radius 2 is 1.89 bits per heavy atom. The Bertz CT molecular complexity index is 411. The summed E-state index contributed by atoms with van der Waals surface area (Å²) < 4.78 is 5.16. The van der Waals surface area contributed by atoms with Gasteiger partial charge in [0, 0.05) is 18.8 Å². The summed E-state index contributed by atoms with van der Waals surface area (Å²) in [4.78, 5) is 11.4. The molecule has 2 N–H and O–H groups in total. The number of amides is 1. The fourth-order valence-corrected chi connectivity index (χ4v) is 1.68. The van der Waals surface area contributed by atoms with E-state index in [-0.39, 0.29) is 6.09 Å². The molecule has 106 valence electrons. The third-order valence-corrected chi connectivity index (χ3v) is 2.51. The van der Waals surface area contributed by atoms with Gasteiger partial charge in [0.1, 0.15) is 5.60 Å². The smallest absolute Gasteiger partial charge is 0.407 e. The molecule has 0 aliphatic heterocycles. The maximum atomic E-state index is 11.4. The SMILES string of the molecule is CCc1ccccc1NCCNC(=O)OC(C)(C)C. The van der Waals surface area contributed by atoms with Gasteiger partial charge in [-0.25, -0.2) is 4.79 Å². The molecule has 4 nitrogen and oxygen atoms in total. The summed E-state index contributed by atoms with van der Waals surface area (Å²) in [5, 5.41) is 6.04. The van der Waals surface area contributed by atoms with Gasteiger partial charge >= 0.3 is 6.09 Å². The van der Waals surface area contributed by atoms with Gasteiger partial charge in [-0.05, 0) is 38.8 Å². The highest BCUT2D eigenvalue weighted by atomic mass is 16.6. The zero-order chi connectivity index (χ0) is 14.3. The minimum atomic E-state index is -0.452. The number of rotatable bonds is 5. The third-order valence-electron chi connectivity index (χ3n) is 2.51. The maximum absolute atomic E-state index is 11.4. The predicted molar refractivity (Wildman–Crippen MR) is 78.5 cm³/mol. The van der Waals surface area contributed by atoms with Crippen LogP contribution in [0.2, 0.25) is 0 Å². The standard InChI is InChI=1S/C15H24N2O2/c1-5-12-8-6-7-9-13(12)16-10-11-17-14(18)19-15(2,3)4/h6-9,16H,5,10-11H2,1-4H3,(H,17,18). The second-order valence-electron chi connectivity index (χ2n) is 5.37. The fraction of sp³-hybridized carbons (Fsp3) is 0.533. The number of hydrogen-bond donors (Lipinski definition) is 2. The van der Waals surface area contributed by atoms with E-state index in [1.165, 1.54) is 5.56 Å². The van der Waals surface area contributed by atoms with Crippen LogP contribution < -0.4 is 10.6 Å². The molecule has 0 aliphatic rings. The number of anilines is 1. The highest BCUT2D eigenvalue weighted by molar-refractivity contribution is 5.67. The summed E-state index contributed by atoms with van der Waals surface area (Å²) in [6, 6.07) is 8.18. The Kier molecular flexibility index (Phi) is 5.67. The van der Waals surface area contributed by atoms with E-state index in [1.54, 1.807) is 0 Å². The predicted octanol–water partition coefficient (Wildman–Crippen LogP) is 3.19. The van der Waals surface area contributed by atoms with Crippen molar-refractivity contribution in [3.05, 3.63) is 29.8 Å². The number of carbonyl (C=O) groups is 1. The summed E-state index contributed by atoms with van der Waals surface area (Å²) in [5.74, 6) is 0. The highest BCUT2D eigenvalue weighted by Crippen LogP contribution is 2.14. The molecule has 1 aromatic rings. The van der Waals surface area contributed by atoms with Gasteiger partial charge in [0.2, 0.25) is 0 Å². The first kappa shape index (κ1) is 15.3. The van der Waals surface area contributed by atoms with Crippen LogP contribution in [0, 0.1) is 0 Å². The first-order chi connectivity index (χ1) is 8.92. The molecule has 0 fully saturated rings. The van der Waals surface area contributed by atoms with E-state index in [0.29, 0.717) is 13.1 Å². The lowest BCUT2D eigenvalue weighted by molar-refractivity contribution is 0.0530. The van der Waals surface area contributed by atoms with Crippen molar-refractivity contribution in [2.75, 3.05) is 18.4 Å².